The summed E-state index contributed by atoms with van der Waals surface area (Å²) in [6, 6.07) is 6.32. The fraction of sp³-hybridized carbons (Fsp3) is 0.429. The van der Waals surface area contributed by atoms with Crippen molar-refractivity contribution in [2.75, 3.05) is 13.7 Å². The number of carbonyl (C=O) groups is 2. The van der Waals surface area contributed by atoms with E-state index < -0.39 is 5.41 Å². The van der Waals surface area contributed by atoms with Crippen LogP contribution in [-0.2, 0) is 19.7 Å². The minimum atomic E-state index is -0.749. The topological polar surface area (TPSA) is 55.4 Å². The lowest BCUT2D eigenvalue weighted by Gasteiger charge is -2.16. The number of nitrogens with one attached hydrogen (secondary N) is 1. The van der Waals surface area contributed by atoms with E-state index in [0.717, 1.165) is 0 Å². The first kappa shape index (κ1) is 13.5. The number of hydrogen-bond acceptors (Lipinski definition) is 3. The third-order valence-electron chi connectivity index (χ3n) is 3.42. The minimum absolute atomic E-state index is 0.121. The largest absolute Gasteiger partial charge is 0.469 e. The molecule has 1 aromatic carbocycles. The van der Waals surface area contributed by atoms with E-state index in [9.17, 15) is 14.0 Å². The Morgan fingerprint density at radius 3 is 2.63 bits per heavy atom. The maximum atomic E-state index is 13.7. The number of methoxy groups -OCH3 is 1. The fourth-order valence-electron chi connectivity index (χ4n) is 2.14. The van der Waals surface area contributed by atoms with E-state index in [2.05, 4.69) is 10.1 Å². The average Bonchev–Trinajstić information content (AvgIpc) is 3.20. The number of amides is 1. The van der Waals surface area contributed by atoms with Crippen molar-refractivity contribution < 1.29 is 18.7 Å². The third kappa shape index (κ3) is 2.75. The summed E-state index contributed by atoms with van der Waals surface area (Å²) in [5.41, 5.74) is -0.313. The number of ether oxygens (including phenoxy) is 1. The molecule has 0 unspecified atom stereocenters. The Bertz CT molecular complexity index is 497. The van der Waals surface area contributed by atoms with Gasteiger partial charge in [-0.05, 0) is 18.9 Å². The van der Waals surface area contributed by atoms with Gasteiger partial charge < -0.3 is 10.1 Å². The van der Waals surface area contributed by atoms with Gasteiger partial charge in [0.05, 0.1) is 18.9 Å². The number of rotatable bonds is 5. The SMILES string of the molecule is COC(=O)CCNC(=O)C1(c2ccccc2F)CC1. The van der Waals surface area contributed by atoms with E-state index in [1.165, 1.54) is 13.2 Å². The van der Waals surface area contributed by atoms with Crippen LogP contribution < -0.4 is 5.32 Å². The predicted octanol–water partition coefficient (Wildman–Crippen LogP) is 1.54. The zero-order chi connectivity index (χ0) is 13.9. The van der Waals surface area contributed by atoms with Gasteiger partial charge in [0, 0.05) is 12.1 Å². The van der Waals surface area contributed by atoms with Gasteiger partial charge in [0.1, 0.15) is 5.82 Å². The van der Waals surface area contributed by atoms with Crippen LogP contribution in [0.2, 0.25) is 0 Å². The molecule has 1 fully saturated rings. The Morgan fingerprint density at radius 2 is 2.05 bits per heavy atom. The third-order valence-corrected chi connectivity index (χ3v) is 3.42. The minimum Gasteiger partial charge on any atom is -0.469 e. The Morgan fingerprint density at radius 1 is 1.37 bits per heavy atom. The molecule has 0 spiro atoms. The molecule has 2 rings (SSSR count). The molecule has 102 valence electrons. The molecular formula is C14H16FNO3. The fourth-order valence-corrected chi connectivity index (χ4v) is 2.14. The Kier molecular flexibility index (Phi) is 3.83. The molecule has 19 heavy (non-hydrogen) atoms. The number of carbonyl (C=O) groups excluding carboxylic acids is 2. The van der Waals surface area contributed by atoms with Crippen LogP contribution in [0.4, 0.5) is 4.39 Å². The van der Waals surface area contributed by atoms with Crippen molar-refractivity contribution in [1.82, 2.24) is 5.32 Å². The molecule has 1 N–H and O–H groups in total. The second-order valence-electron chi connectivity index (χ2n) is 4.64. The summed E-state index contributed by atoms with van der Waals surface area (Å²) >= 11 is 0. The molecule has 0 aromatic heterocycles. The molecule has 0 atom stereocenters. The van der Waals surface area contributed by atoms with Crippen molar-refractivity contribution in [2.45, 2.75) is 24.7 Å². The van der Waals surface area contributed by atoms with E-state index in [-0.39, 0.29) is 30.7 Å². The highest BCUT2D eigenvalue weighted by molar-refractivity contribution is 5.91. The van der Waals surface area contributed by atoms with Gasteiger partial charge in [-0.25, -0.2) is 4.39 Å². The van der Waals surface area contributed by atoms with Crippen LogP contribution >= 0.6 is 0 Å². The van der Waals surface area contributed by atoms with Crippen molar-refractivity contribution in [3.8, 4) is 0 Å². The quantitative estimate of drug-likeness (QED) is 0.822. The summed E-state index contributed by atoms with van der Waals surface area (Å²) < 4.78 is 18.2. The van der Waals surface area contributed by atoms with Crippen molar-refractivity contribution >= 4 is 11.9 Å². The summed E-state index contributed by atoms with van der Waals surface area (Å²) in [6.07, 6.45) is 1.39. The smallest absolute Gasteiger partial charge is 0.307 e. The first-order valence-electron chi connectivity index (χ1n) is 6.20. The molecule has 1 aliphatic rings. The Hall–Kier alpha value is -1.91. The van der Waals surface area contributed by atoms with Crippen LogP contribution in [0.5, 0.6) is 0 Å². The molecule has 0 saturated heterocycles. The highest BCUT2D eigenvalue weighted by Crippen LogP contribution is 2.49. The molecule has 5 heteroatoms. The highest BCUT2D eigenvalue weighted by atomic mass is 19.1. The van der Waals surface area contributed by atoms with Crippen molar-refractivity contribution in [3.63, 3.8) is 0 Å². The first-order valence-corrected chi connectivity index (χ1v) is 6.20. The normalized spacial score (nSPS) is 15.7. The van der Waals surface area contributed by atoms with Gasteiger partial charge in [-0.15, -0.1) is 0 Å². The summed E-state index contributed by atoms with van der Waals surface area (Å²) in [4.78, 5) is 23.1. The van der Waals surface area contributed by atoms with Crippen LogP contribution in [0.15, 0.2) is 24.3 Å². The second kappa shape index (κ2) is 5.38. The summed E-state index contributed by atoms with van der Waals surface area (Å²) in [7, 11) is 1.30. The van der Waals surface area contributed by atoms with Gasteiger partial charge in [-0.1, -0.05) is 18.2 Å². The van der Waals surface area contributed by atoms with Crippen LogP contribution in [-0.4, -0.2) is 25.5 Å². The van der Waals surface area contributed by atoms with Crippen LogP contribution in [0.3, 0.4) is 0 Å². The molecule has 0 heterocycles. The van der Waals surface area contributed by atoms with Crippen molar-refractivity contribution in [1.29, 1.82) is 0 Å². The predicted molar refractivity (Wildman–Crippen MR) is 67.0 cm³/mol. The number of hydrogen-bond donors (Lipinski definition) is 1. The molecule has 1 aliphatic carbocycles. The van der Waals surface area contributed by atoms with Gasteiger partial charge in [-0.2, -0.15) is 0 Å². The first-order chi connectivity index (χ1) is 9.10. The molecule has 1 aromatic rings. The molecular weight excluding hydrogens is 249 g/mol. The molecule has 0 aliphatic heterocycles. The zero-order valence-electron chi connectivity index (χ0n) is 10.7. The lowest BCUT2D eigenvalue weighted by Crippen LogP contribution is -2.36. The molecule has 1 amide bonds. The van der Waals surface area contributed by atoms with Gasteiger partial charge in [-0.3, -0.25) is 9.59 Å². The number of esters is 1. The van der Waals surface area contributed by atoms with E-state index in [4.69, 9.17) is 0 Å². The maximum Gasteiger partial charge on any atom is 0.307 e. The van der Waals surface area contributed by atoms with Gasteiger partial charge >= 0.3 is 5.97 Å². The second-order valence-corrected chi connectivity index (χ2v) is 4.64. The zero-order valence-corrected chi connectivity index (χ0v) is 10.7. The summed E-state index contributed by atoms with van der Waals surface area (Å²) in [5.74, 6) is -0.958. The van der Waals surface area contributed by atoms with E-state index in [1.807, 2.05) is 0 Å². The highest BCUT2D eigenvalue weighted by Gasteiger charge is 2.52. The lowest BCUT2D eigenvalue weighted by atomic mass is 9.94. The average molecular weight is 265 g/mol. The van der Waals surface area contributed by atoms with Crippen molar-refractivity contribution in [3.05, 3.63) is 35.6 Å². The molecule has 4 nitrogen and oxygen atoms in total. The van der Waals surface area contributed by atoms with E-state index in [1.54, 1.807) is 18.2 Å². The number of halogens is 1. The van der Waals surface area contributed by atoms with E-state index >= 15 is 0 Å². The summed E-state index contributed by atoms with van der Waals surface area (Å²) in [5, 5.41) is 2.67. The lowest BCUT2D eigenvalue weighted by molar-refractivity contribution is -0.140. The molecule has 0 bridgehead atoms. The van der Waals surface area contributed by atoms with Gasteiger partial charge in [0.25, 0.3) is 0 Å². The van der Waals surface area contributed by atoms with Crippen LogP contribution in [0, 0.1) is 5.82 Å². The number of benzene rings is 1. The van der Waals surface area contributed by atoms with Gasteiger partial charge in [0.2, 0.25) is 5.91 Å². The Balaban J connectivity index is 1.99. The maximum absolute atomic E-state index is 13.7. The standard InChI is InChI=1S/C14H16FNO3/c1-19-12(17)6-9-16-13(18)14(7-8-14)10-4-2-3-5-11(10)15/h2-5H,6-9H2,1H3,(H,16,18). The monoisotopic (exact) mass is 265 g/mol. The van der Waals surface area contributed by atoms with Gasteiger partial charge in [0.15, 0.2) is 0 Å². The van der Waals surface area contributed by atoms with Crippen molar-refractivity contribution in [2.24, 2.45) is 0 Å². The van der Waals surface area contributed by atoms with E-state index in [0.29, 0.717) is 18.4 Å². The Labute approximate surface area is 110 Å². The molecule has 1 saturated carbocycles. The summed E-state index contributed by atoms with van der Waals surface area (Å²) in [6.45, 7) is 0.210. The molecule has 0 radical (unpaired) electrons. The van der Waals surface area contributed by atoms with Crippen LogP contribution in [0.25, 0.3) is 0 Å². The van der Waals surface area contributed by atoms with Crippen LogP contribution in [0.1, 0.15) is 24.8 Å².